The van der Waals surface area contributed by atoms with Gasteiger partial charge < -0.3 is 19.3 Å². The lowest BCUT2D eigenvalue weighted by molar-refractivity contribution is -0.0172. The minimum absolute atomic E-state index is 0.154. The molecular weight excluding hydrogens is 315 g/mol. The van der Waals surface area contributed by atoms with Crippen molar-refractivity contribution in [3.05, 3.63) is 46.6 Å². The normalized spacial score (nSPS) is 16.4. The van der Waals surface area contributed by atoms with E-state index >= 15 is 0 Å². The molecule has 1 aromatic heterocycles. The van der Waals surface area contributed by atoms with Crippen molar-refractivity contribution >= 4 is 5.91 Å². The van der Waals surface area contributed by atoms with E-state index in [4.69, 9.17) is 14.0 Å². The maximum Gasteiger partial charge on any atom is 0.273 e. The van der Waals surface area contributed by atoms with Gasteiger partial charge in [0.25, 0.3) is 5.91 Å². The molecule has 4 rings (SSSR count). The van der Waals surface area contributed by atoms with Gasteiger partial charge >= 0.3 is 0 Å². The minimum atomic E-state index is -0.338. The smallest absolute Gasteiger partial charge is 0.273 e. The molecule has 0 radical (unpaired) electrons. The third-order valence-corrected chi connectivity index (χ3v) is 4.17. The molecule has 1 amide bonds. The first-order valence-corrected chi connectivity index (χ1v) is 7.97. The van der Waals surface area contributed by atoms with Crippen LogP contribution >= 0.6 is 0 Å². The number of hydrogen-bond acceptors (Lipinski definition) is 5. The van der Waals surface area contributed by atoms with Crippen molar-refractivity contribution in [2.45, 2.75) is 31.8 Å². The number of ether oxygens (including phenoxy) is 2. The van der Waals surface area contributed by atoms with Crippen LogP contribution in [0.3, 0.4) is 0 Å². The summed E-state index contributed by atoms with van der Waals surface area (Å²) in [6, 6.07) is 4.53. The quantitative estimate of drug-likeness (QED) is 0.911. The topological polar surface area (TPSA) is 73.6 Å². The number of rotatable bonds is 5. The first-order chi connectivity index (χ1) is 11.7. The Labute approximate surface area is 137 Å². The predicted octanol–water partition coefficient (Wildman–Crippen LogP) is 2.53. The average molecular weight is 332 g/mol. The third-order valence-electron chi connectivity index (χ3n) is 4.17. The first kappa shape index (κ1) is 15.1. The molecule has 2 heterocycles. The molecule has 1 saturated carbocycles. The minimum Gasteiger partial charge on any atom is -0.467 e. The predicted molar refractivity (Wildman–Crippen MR) is 81.2 cm³/mol. The highest BCUT2D eigenvalue weighted by Crippen LogP contribution is 2.40. The molecule has 1 aromatic carbocycles. The van der Waals surface area contributed by atoms with Crippen LogP contribution in [0, 0.1) is 5.82 Å². The molecule has 0 atom stereocenters. The van der Waals surface area contributed by atoms with Crippen molar-refractivity contribution in [3.63, 3.8) is 0 Å². The van der Waals surface area contributed by atoms with Gasteiger partial charge in [0, 0.05) is 24.1 Å². The summed E-state index contributed by atoms with van der Waals surface area (Å²) >= 11 is 0. The SMILES string of the molecule is O=C(NCCc1cc(F)cc2c1OCOC2)c1cc(C2CC2)on1. The summed E-state index contributed by atoms with van der Waals surface area (Å²) in [6.45, 7) is 0.834. The zero-order chi connectivity index (χ0) is 16.5. The van der Waals surface area contributed by atoms with Crippen LogP contribution in [0.5, 0.6) is 5.75 Å². The van der Waals surface area contributed by atoms with E-state index in [1.807, 2.05) is 0 Å². The fraction of sp³-hybridized carbons (Fsp3) is 0.412. The summed E-state index contributed by atoms with van der Waals surface area (Å²) in [6.07, 6.45) is 2.63. The summed E-state index contributed by atoms with van der Waals surface area (Å²) < 4.78 is 29.5. The molecule has 0 spiro atoms. The number of benzene rings is 1. The van der Waals surface area contributed by atoms with Crippen LogP contribution in [0.25, 0.3) is 0 Å². The Kier molecular flexibility index (Phi) is 3.93. The summed E-state index contributed by atoms with van der Waals surface area (Å²) in [5.41, 5.74) is 1.68. The monoisotopic (exact) mass is 332 g/mol. The number of amides is 1. The Morgan fingerprint density at radius 1 is 1.33 bits per heavy atom. The molecule has 1 N–H and O–H groups in total. The number of halogens is 1. The van der Waals surface area contributed by atoms with E-state index in [1.165, 1.54) is 12.1 Å². The number of carbonyl (C=O) groups is 1. The molecule has 7 heteroatoms. The van der Waals surface area contributed by atoms with Gasteiger partial charge in [0.2, 0.25) is 0 Å². The van der Waals surface area contributed by atoms with Crippen LogP contribution in [0.2, 0.25) is 0 Å². The highest BCUT2D eigenvalue weighted by atomic mass is 19.1. The number of fused-ring (bicyclic) bond motifs is 1. The lowest BCUT2D eigenvalue weighted by Gasteiger charge is -2.20. The number of nitrogens with one attached hydrogen (secondary N) is 1. The van der Waals surface area contributed by atoms with Crippen LogP contribution < -0.4 is 10.1 Å². The van der Waals surface area contributed by atoms with Gasteiger partial charge in [0.05, 0.1) is 6.61 Å². The second kappa shape index (κ2) is 6.24. The Hall–Kier alpha value is -2.41. The van der Waals surface area contributed by atoms with Crippen molar-refractivity contribution in [2.24, 2.45) is 0 Å². The number of aromatic nitrogens is 1. The standard InChI is InChI=1S/C17H17FN2O4/c18-13-5-11(16-12(6-13)8-22-9-23-16)3-4-19-17(21)14-7-15(24-20-14)10-1-2-10/h5-7,10H,1-4,8-9H2,(H,19,21). The van der Waals surface area contributed by atoms with E-state index in [0.717, 1.165) is 18.6 Å². The fourth-order valence-corrected chi connectivity index (χ4v) is 2.80. The van der Waals surface area contributed by atoms with Crippen LogP contribution in [0.1, 0.15) is 46.1 Å². The Morgan fingerprint density at radius 3 is 3.04 bits per heavy atom. The molecule has 1 aliphatic carbocycles. The molecule has 1 aliphatic heterocycles. The number of nitrogens with zero attached hydrogens (tertiary/aromatic N) is 1. The number of carbonyl (C=O) groups excluding carboxylic acids is 1. The second-order valence-corrected chi connectivity index (χ2v) is 6.06. The highest BCUT2D eigenvalue weighted by molar-refractivity contribution is 5.92. The van der Waals surface area contributed by atoms with Crippen LogP contribution in [-0.2, 0) is 17.8 Å². The van der Waals surface area contributed by atoms with Crippen LogP contribution in [0.4, 0.5) is 4.39 Å². The molecule has 2 aromatic rings. The van der Waals surface area contributed by atoms with Gasteiger partial charge in [-0.15, -0.1) is 0 Å². The highest BCUT2D eigenvalue weighted by Gasteiger charge is 2.28. The summed E-state index contributed by atoms with van der Waals surface area (Å²) in [5.74, 6) is 1.20. The van der Waals surface area contributed by atoms with E-state index in [0.29, 0.717) is 42.4 Å². The lowest BCUT2D eigenvalue weighted by atomic mass is 10.1. The molecule has 2 aliphatic rings. The van der Waals surface area contributed by atoms with Crippen molar-refractivity contribution in [3.8, 4) is 5.75 Å². The van der Waals surface area contributed by atoms with Crippen LogP contribution in [0.15, 0.2) is 22.7 Å². The van der Waals surface area contributed by atoms with Gasteiger partial charge in [-0.05, 0) is 37.0 Å². The number of hydrogen-bond donors (Lipinski definition) is 1. The van der Waals surface area contributed by atoms with Crippen molar-refractivity contribution < 1.29 is 23.2 Å². The lowest BCUT2D eigenvalue weighted by Crippen LogP contribution is -2.26. The molecule has 0 bridgehead atoms. The van der Waals surface area contributed by atoms with E-state index in [2.05, 4.69) is 10.5 Å². The Morgan fingerprint density at radius 2 is 2.21 bits per heavy atom. The maximum absolute atomic E-state index is 13.7. The second-order valence-electron chi connectivity index (χ2n) is 6.06. The van der Waals surface area contributed by atoms with Crippen molar-refractivity contribution in [2.75, 3.05) is 13.3 Å². The van der Waals surface area contributed by atoms with E-state index in [1.54, 1.807) is 6.07 Å². The molecular formula is C17H17FN2O4. The molecule has 0 unspecified atom stereocenters. The van der Waals surface area contributed by atoms with Gasteiger partial charge in [0.15, 0.2) is 12.5 Å². The zero-order valence-corrected chi connectivity index (χ0v) is 13.0. The fourth-order valence-electron chi connectivity index (χ4n) is 2.80. The molecule has 1 fully saturated rings. The van der Waals surface area contributed by atoms with Gasteiger partial charge in [0.1, 0.15) is 17.3 Å². The first-order valence-electron chi connectivity index (χ1n) is 7.97. The largest absolute Gasteiger partial charge is 0.467 e. The summed E-state index contributed by atoms with van der Waals surface area (Å²) in [4.78, 5) is 12.1. The molecule has 0 saturated heterocycles. The third kappa shape index (κ3) is 3.12. The van der Waals surface area contributed by atoms with E-state index in [9.17, 15) is 9.18 Å². The summed E-state index contributed by atoms with van der Waals surface area (Å²) in [5, 5.41) is 6.57. The zero-order valence-electron chi connectivity index (χ0n) is 13.0. The molecule has 24 heavy (non-hydrogen) atoms. The summed E-state index contributed by atoms with van der Waals surface area (Å²) in [7, 11) is 0. The van der Waals surface area contributed by atoms with Gasteiger partial charge in [-0.2, -0.15) is 0 Å². The average Bonchev–Trinajstić information content (AvgIpc) is 3.31. The van der Waals surface area contributed by atoms with E-state index < -0.39 is 0 Å². The Bertz CT molecular complexity index is 770. The molecule has 6 nitrogen and oxygen atoms in total. The van der Waals surface area contributed by atoms with Gasteiger partial charge in [-0.25, -0.2) is 4.39 Å². The van der Waals surface area contributed by atoms with Crippen molar-refractivity contribution in [1.82, 2.24) is 10.5 Å². The Balaban J connectivity index is 1.38. The van der Waals surface area contributed by atoms with E-state index in [-0.39, 0.29) is 24.2 Å². The van der Waals surface area contributed by atoms with Crippen LogP contribution in [-0.4, -0.2) is 24.4 Å². The van der Waals surface area contributed by atoms with Gasteiger partial charge in [-0.1, -0.05) is 5.16 Å². The molecule has 126 valence electrons. The maximum atomic E-state index is 13.7. The van der Waals surface area contributed by atoms with Crippen molar-refractivity contribution in [1.29, 1.82) is 0 Å². The van der Waals surface area contributed by atoms with Gasteiger partial charge in [-0.3, -0.25) is 4.79 Å².